The average Bonchev–Trinajstić information content (AvgIpc) is 2.86. The molecule has 0 aliphatic carbocycles. The molecule has 8 heteroatoms. The number of rotatable bonds is 5. The van der Waals surface area contributed by atoms with Gasteiger partial charge in [0.25, 0.3) is 5.91 Å². The van der Waals surface area contributed by atoms with Gasteiger partial charge in [0.2, 0.25) is 0 Å². The van der Waals surface area contributed by atoms with Crippen LogP contribution in [0.1, 0.15) is 5.56 Å². The van der Waals surface area contributed by atoms with E-state index in [9.17, 15) is 14.4 Å². The first-order chi connectivity index (χ1) is 12.4. The molecule has 132 valence electrons. The fourth-order valence-electron chi connectivity index (χ4n) is 2.29. The van der Waals surface area contributed by atoms with Gasteiger partial charge < -0.3 is 10.4 Å². The Labute approximate surface area is 158 Å². The lowest BCUT2D eigenvalue weighted by molar-refractivity contribution is -0.140. The molecule has 26 heavy (non-hydrogen) atoms. The van der Waals surface area contributed by atoms with E-state index < -0.39 is 24.5 Å². The van der Waals surface area contributed by atoms with Gasteiger partial charge in [0.1, 0.15) is 12.2 Å². The summed E-state index contributed by atoms with van der Waals surface area (Å²) in [5.74, 6) is -1.91. The van der Waals surface area contributed by atoms with E-state index in [1.165, 1.54) is 6.08 Å². The molecule has 1 saturated heterocycles. The van der Waals surface area contributed by atoms with Crippen molar-refractivity contribution in [2.45, 2.75) is 9.79 Å². The van der Waals surface area contributed by atoms with E-state index in [1.807, 2.05) is 48.5 Å². The normalized spacial score (nSPS) is 15.4. The monoisotopic (exact) mass is 388 g/mol. The summed E-state index contributed by atoms with van der Waals surface area (Å²) in [5, 5.41) is 11.8. The van der Waals surface area contributed by atoms with Crippen LogP contribution in [0.25, 0.3) is 6.08 Å². The molecule has 2 N–H and O–H groups in total. The van der Waals surface area contributed by atoms with E-state index >= 15 is 0 Å². The number of carboxylic acids is 1. The van der Waals surface area contributed by atoms with E-state index in [1.54, 1.807) is 11.8 Å². The highest BCUT2D eigenvalue weighted by molar-refractivity contribution is 7.99. The van der Waals surface area contributed by atoms with Gasteiger partial charge in [-0.15, -0.1) is 0 Å². The predicted octanol–water partition coefficient (Wildman–Crippen LogP) is 3.47. The van der Waals surface area contributed by atoms with Crippen molar-refractivity contribution in [2.75, 3.05) is 6.54 Å². The number of amides is 3. The number of benzene rings is 2. The molecule has 0 bridgehead atoms. The van der Waals surface area contributed by atoms with Crippen LogP contribution in [-0.2, 0) is 9.59 Å². The van der Waals surface area contributed by atoms with Crippen LogP contribution in [-0.4, -0.2) is 34.5 Å². The van der Waals surface area contributed by atoms with E-state index in [0.717, 1.165) is 9.79 Å². The molecule has 0 aromatic heterocycles. The third kappa shape index (κ3) is 4.25. The molecular formula is C18H13ClN2O4S. The van der Waals surface area contributed by atoms with Gasteiger partial charge in [-0.3, -0.25) is 9.59 Å². The van der Waals surface area contributed by atoms with Crippen molar-refractivity contribution >= 4 is 47.3 Å². The van der Waals surface area contributed by atoms with E-state index in [4.69, 9.17) is 16.7 Å². The molecule has 1 aliphatic rings. The lowest BCUT2D eigenvalue weighted by Gasteiger charge is -2.06. The summed E-state index contributed by atoms with van der Waals surface area (Å²) in [6.07, 6.45) is 1.51. The summed E-state index contributed by atoms with van der Waals surface area (Å²) in [6, 6.07) is 14.1. The first-order valence-electron chi connectivity index (χ1n) is 7.52. The van der Waals surface area contributed by atoms with Crippen molar-refractivity contribution in [3.8, 4) is 0 Å². The maximum Gasteiger partial charge on any atom is 0.329 e. The van der Waals surface area contributed by atoms with Crippen molar-refractivity contribution < 1.29 is 19.5 Å². The number of carbonyl (C=O) groups excluding carboxylic acids is 2. The molecule has 1 fully saturated rings. The van der Waals surface area contributed by atoms with Gasteiger partial charge in [0.05, 0.1) is 0 Å². The van der Waals surface area contributed by atoms with Crippen LogP contribution in [0, 0.1) is 0 Å². The lowest BCUT2D eigenvalue weighted by atomic mass is 10.2. The van der Waals surface area contributed by atoms with Crippen molar-refractivity contribution in [1.29, 1.82) is 0 Å². The predicted molar refractivity (Wildman–Crippen MR) is 97.9 cm³/mol. The van der Waals surface area contributed by atoms with Crippen molar-refractivity contribution in [2.24, 2.45) is 0 Å². The fraction of sp³-hybridized carbons (Fsp3) is 0.0556. The number of hydrogen-bond donors (Lipinski definition) is 2. The fourth-order valence-corrected chi connectivity index (χ4v) is 3.23. The van der Waals surface area contributed by atoms with Gasteiger partial charge in [-0.1, -0.05) is 35.5 Å². The minimum Gasteiger partial charge on any atom is -0.480 e. The molecule has 0 radical (unpaired) electrons. The van der Waals surface area contributed by atoms with Gasteiger partial charge in [0.15, 0.2) is 0 Å². The number of imide groups is 1. The summed E-state index contributed by atoms with van der Waals surface area (Å²) < 4.78 is 0. The van der Waals surface area contributed by atoms with Crippen molar-refractivity contribution in [1.82, 2.24) is 10.2 Å². The third-order valence-electron chi connectivity index (χ3n) is 3.50. The molecule has 3 rings (SSSR count). The third-order valence-corrected chi connectivity index (χ3v) is 4.76. The summed E-state index contributed by atoms with van der Waals surface area (Å²) in [7, 11) is 0. The minimum absolute atomic E-state index is 0.0503. The Morgan fingerprint density at radius 2 is 1.65 bits per heavy atom. The van der Waals surface area contributed by atoms with Crippen LogP contribution >= 0.6 is 23.4 Å². The Balaban J connectivity index is 1.71. The number of halogens is 1. The average molecular weight is 389 g/mol. The van der Waals surface area contributed by atoms with Crippen molar-refractivity contribution in [3.63, 3.8) is 0 Å². The summed E-state index contributed by atoms with van der Waals surface area (Å²) in [4.78, 5) is 37.2. The number of nitrogens with one attached hydrogen (secondary N) is 1. The van der Waals surface area contributed by atoms with Crippen LogP contribution < -0.4 is 5.32 Å². The summed E-state index contributed by atoms with van der Waals surface area (Å²) >= 11 is 7.43. The standard InChI is InChI=1S/C18H13ClN2O4S/c19-12-3-7-14(8-4-12)26-13-5-1-11(2-6-13)9-15-17(24)21(10-16(22)23)18(25)20-15/h1-9H,10H2,(H,20,25)(H,22,23)/b15-9+. The van der Waals surface area contributed by atoms with E-state index in [0.29, 0.717) is 15.5 Å². The first kappa shape index (κ1) is 18.0. The Morgan fingerprint density at radius 3 is 2.23 bits per heavy atom. The topological polar surface area (TPSA) is 86.7 Å². The van der Waals surface area contributed by atoms with Crippen LogP contribution in [0.4, 0.5) is 4.79 Å². The maximum absolute atomic E-state index is 12.1. The lowest BCUT2D eigenvalue weighted by Crippen LogP contribution is -2.35. The second-order valence-electron chi connectivity index (χ2n) is 5.40. The van der Waals surface area contributed by atoms with Gasteiger partial charge >= 0.3 is 12.0 Å². The van der Waals surface area contributed by atoms with Crippen LogP contribution in [0.15, 0.2) is 64.0 Å². The Kier molecular flexibility index (Phi) is 5.29. The largest absolute Gasteiger partial charge is 0.480 e. The van der Waals surface area contributed by atoms with Crippen LogP contribution in [0.2, 0.25) is 5.02 Å². The minimum atomic E-state index is -1.25. The highest BCUT2D eigenvalue weighted by Gasteiger charge is 2.34. The zero-order chi connectivity index (χ0) is 18.7. The SMILES string of the molecule is O=C(O)CN1C(=O)N/C(=C/c2ccc(Sc3ccc(Cl)cc3)cc2)C1=O. The molecule has 1 heterocycles. The smallest absolute Gasteiger partial charge is 0.329 e. The molecule has 6 nitrogen and oxygen atoms in total. The molecule has 3 amide bonds. The van der Waals surface area contributed by atoms with Gasteiger partial charge in [0, 0.05) is 14.8 Å². The molecule has 1 aliphatic heterocycles. The maximum atomic E-state index is 12.1. The second kappa shape index (κ2) is 7.63. The first-order valence-corrected chi connectivity index (χ1v) is 8.71. The quantitative estimate of drug-likeness (QED) is 0.605. The number of nitrogens with zero attached hydrogens (tertiary/aromatic N) is 1. The van der Waals surface area contributed by atoms with Crippen LogP contribution in [0.5, 0.6) is 0 Å². The number of carboxylic acid groups (broad SMARTS) is 1. The van der Waals surface area contributed by atoms with E-state index in [2.05, 4.69) is 5.32 Å². The van der Waals surface area contributed by atoms with Crippen LogP contribution in [0.3, 0.4) is 0 Å². The molecular weight excluding hydrogens is 376 g/mol. The van der Waals surface area contributed by atoms with Gasteiger partial charge in [-0.05, 0) is 48.0 Å². The second-order valence-corrected chi connectivity index (χ2v) is 6.98. The number of carbonyl (C=O) groups is 3. The summed E-state index contributed by atoms with van der Waals surface area (Å²) in [6.45, 7) is -0.668. The van der Waals surface area contributed by atoms with E-state index in [-0.39, 0.29) is 5.70 Å². The molecule has 2 aromatic carbocycles. The zero-order valence-corrected chi connectivity index (χ0v) is 14.9. The molecule has 0 unspecified atom stereocenters. The number of aliphatic carboxylic acids is 1. The number of hydrogen-bond acceptors (Lipinski definition) is 4. The summed E-state index contributed by atoms with van der Waals surface area (Å²) in [5.41, 5.74) is 0.764. The molecule has 0 spiro atoms. The Hall–Kier alpha value is -2.77. The Bertz CT molecular complexity index is 894. The Morgan fingerprint density at radius 1 is 1.08 bits per heavy atom. The molecule has 2 aromatic rings. The highest BCUT2D eigenvalue weighted by atomic mass is 35.5. The molecule has 0 saturated carbocycles. The van der Waals surface area contributed by atoms with Crippen molar-refractivity contribution in [3.05, 3.63) is 64.8 Å². The highest BCUT2D eigenvalue weighted by Crippen LogP contribution is 2.29. The van der Waals surface area contributed by atoms with Gasteiger partial charge in [-0.2, -0.15) is 0 Å². The number of urea groups is 1. The molecule has 0 atom stereocenters. The zero-order valence-electron chi connectivity index (χ0n) is 13.3. The van der Waals surface area contributed by atoms with Gasteiger partial charge in [-0.25, -0.2) is 9.69 Å².